The second kappa shape index (κ2) is 9.95. The molecule has 1 amide bonds. The summed E-state index contributed by atoms with van der Waals surface area (Å²) in [7, 11) is 0. The molecule has 5 rings (SSSR count). The molecule has 4 N–H and O–H groups in total. The summed E-state index contributed by atoms with van der Waals surface area (Å²) in [6, 6.07) is 16.7. The van der Waals surface area contributed by atoms with Gasteiger partial charge in [-0.15, -0.1) is 0 Å². The van der Waals surface area contributed by atoms with Gasteiger partial charge in [-0.2, -0.15) is 0 Å². The first-order chi connectivity index (χ1) is 16.6. The van der Waals surface area contributed by atoms with E-state index < -0.39 is 0 Å². The number of rotatable bonds is 7. The SMILES string of the molecule is CC(C)NC(=O)COc1ccccc1-c1nc(NC2CCC3NNCC3C2)c2ccccc2n1. The molecule has 1 saturated carbocycles. The van der Waals surface area contributed by atoms with Crippen LogP contribution in [-0.2, 0) is 4.79 Å². The van der Waals surface area contributed by atoms with Crippen LogP contribution in [0.5, 0.6) is 5.75 Å². The number of amides is 1. The van der Waals surface area contributed by atoms with Gasteiger partial charge in [0.2, 0.25) is 0 Å². The highest BCUT2D eigenvalue weighted by atomic mass is 16.5. The van der Waals surface area contributed by atoms with E-state index in [0.29, 0.717) is 29.6 Å². The average molecular weight is 461 g/mol. The molecular weight excluding hydrogens is 428 g/mol. The van der Waals surface area contributed by atoms with Crippen LogP contribution in [0.1, 0.15) is 33.1 Å². The van der Waals surface area contributed by atoms with Crippen LogP contribution in [0.15, 0.2) is 48.5 Å². The predicted octanol–water partition coefficient (Wildman–Crippen LogP) is 3.26. The molecule has 8 nitrogen and oxygen atoms in total. The quantitative estimate of drug-likeness (QED) is 0.429. The smallest absolute Gasteiger partial charge is 0.258 e. The summed E-state index contributed by atoms with van der Waals surface area (Å²) >= 11 is 0. The number of carbonyl (C=O) groups is 1. The first-order valence-corrected chi connectivity index (χ1v) is 12.1. The second-order valence-corrected chi connectivity index (χ2v) is 9.47. The minimum atomic E-state index is -0.155. The molecule has 2 aliphatic rings. The molecule has 0 spiro atoms. The number of hydrazine groups is 1. The van der Waals surface area contributed by atoms with Crippen LogP contribution >= 0.6 is 0 Å². The van der Waals surface area contributed by atoms with Crippen molar-refractivity contribution in [3.63, 3.8) is 0 Å². The van der Waals surface area contributed by atoms with E-state index in [2.05, 4.69) is 27.6 Å². The molecule has 2 fully saturated rings. The van der Waals surface area contributed by atoms with Crippen molar-refractivity contribution in [3.05, 3.63) is 48.5 Å². The summed E-state index contributed by atoms with van der Waals surface area (Å²) < 4.78 is 5.88. The fraction of sp³-hybridized carbons (Fsp3) is 0.423. The number of hydrogen-bond donors (Lipinski definition) is 4. The first kappa shape index (κ1) is 22.6. The molecule has 0 bridgehead atoms. The van der Waals surface area contributed by atoms with Crippen LogP contribution in [0.4, 0.5) is 5.82 Å². The number of para-hydroxylation sites is 2. The second-order valence-electron chi connectivity index (χ2n) is 9.47. The van der Waals surface area contributed by atoms with Gasteiger partial charge in [0, 0.05) is 30.1 Å². The van der Waals surface area contributed by atoms with E-state index in [4.69, 9.17) is 14.7 Å². The lowest BCUT2D eigenvalue weighted by Crippen LogP contribution is -2.39. The lowest BCUT2D eigenvalue weighted by Gasteiger charge is -2.31. The topological polar surface area (TPSA) is 100 Å². The summed E-state index contributed by atoms with van der Waals surface area (Å²) in [6.07, 6.45) is 3.33. The molecular formula is C26H32N6O2. The van der Waals surface area contributed by atoms with Crippen LogP contribution < -0.4 is 26.2 Å². The van der Waals surface area contributed by atoms with E-state index in [0.717, 1.165) is 48.1 Å². The van der Waals surface area contributed by atoms with Gasteiger partial charge in [0.15, 0.2) is 12.4 Å². The Morgan fingerprint density at radius 1 is 1.12 bits per heavy atom. The number of carbonyl (C=O) groups excluding carboxylic acids is 1. The number of fused-ring (bicyclic) bond motifs is 2. The van der Waals surface area contributed by atoms with Crippen molar-refractivity contribution >= 4 is 22.6 Å². The number of hydrogen-bond acceptors (Lipinski definition) is 7. The Balaban J connectivity index is 1.43. The van der Waals surface area contributed by atoms with Crippen molar-refractivity contribution in [2.45, 2.75) is 51.2 Å². The average Bonchev–Trinajstić information content (AvgIpc) is 3.30. The Morgan fingerprint density at radius 2 is 1.94 bits per heavy atom. The monoisotopic (exact) mass is 460 g/mol. The maximum Gasteiger partial charge on any atom is 0.258 e. The Labute approximate surface area is 199 Å². The van der Waals surface area contributed by atoms with Crippen LogP contribution in [0.25, 0.3) is 22.3 Å². The highest BCUT2D eigenvalue weighted by molar-refractivity contribution is 5.91. The number of nitrogens with one attached hydrogen (secondary N) is 4. The number of nitrogens with zero attached hydrogens (tertiary/aromatic N) is 2. The lowest BCUT2D eigenvalue weighted by molar-refractivity contribution is -0.123. The molecule has 8 heteroatoms. The van der Waals surface area contributed by atoms with Crippen LogP contribution in [-0.4, -0.2) is 47.2 Å². The summed E-state index contributed by atoms with van der Waals surface area (Å²) in [4.78, 5) is 21.9. The largest absolute Gasteiger partial charge is 0.483 e. The molecule has 3 unspecified atom stereocenters. The van der Waals surface area contributed by atoms with Crippen molar-refractivity contribution in [2.24, 2.45) is 5.92 Å². The van der Waals surface area contributed by atoms with Crippen LogP contribution in [0.2, 0.25) is 0 Å². The molecule has 178 valence electrons. The molecule has 2 heterocycles. The maximum atomic E-state index is 12.1. The number of aromatic nitrogens is 2. The fourth-order valence-corrected chi connectivity index (χ4v) is 4.92. The number of anilines is 1. The number of benzene rings is 2. The summed E-state index contributed by atoms with van der Waals surface area (Å²) in [5.41, 5.74) is 8.33. The molecule has 3 atom stereocenters. The predicted molar refractivity (Wildman–Crippen MR) is 133 cm³/mol. The lowest BCUT2D eigenvalue weighted by atomic mass is 9.83. The summed E-state index contributed by atoms with van der Waals surface area (Å²) in [5.74, 6) is 2.49. The fourth-order valence-electron chi connectivity index (χ4n) is 4.92. The highest BCUT2D eigenvalue weighted by Crippen LogP contribution is 2.33. The zero-order chi connectivity index (χ0) is 23.5. The van der Waals surface area contributed by atoms with Gasteiger partial charge in [-0.05, 0) is 63.3 Å². The van der Waals surface area contributed by atoms with Gasteiger partial charge in [-0.25, -0.2) is 9.97 Å². The molecule has 1 aromatic heterocycles. The number of ether oxygens (including phenoxy) is 1. The normalized spacial score (nSPS) is 21.9. The van der Waals surface area contributed by atoms with E-state index >= 15 is 0 Å². The molecule has 1 aliphatic heterocycles. The molecule has 3 aromatic rings. The van der Waals surface area contributed by atoms with Crippen LogP contribution in [0, 0.1) is 5.92 Å². The van der Waals surface area contributed by atoms with Crippen molar-refractivity contribution in [3.8, 4) is 17.1 Å². The zero-order valence-corrected chi connectivity index (χ0v) is 19.7. The van der Waals surface area contributed by atoms with Crippen molar-refractivity contribution in [1.82, 2.24) is 26.1 Å². The van der Waals surface area contributed by atoms with E-state index in [1.807, 2.05) is 56.3 Å². The van der Waals surface area contributed by atoms with E-state index in [1.165, 1.54) is 0 Å². The zero-order valence-electron chi connectivity index (χ0n) is 19.7. The van der Waals surface area contributed by atoms with Crippen LogP contribution in [0.3, 0.4) is 0 Å². The third-order valence-corrected chi connectivity index (χ3v) is 6.51. The van der Waals surface area contributed by atoms with Gasteiger partial charge < -0.3 is 15.4 Å². The first-order valence-electron chi connectivity index (χ1n) is 12.1. The van der Waals surface area contributed by atoms with Gasteiger partial charge in [-0.1, -0.05) is 24.3 Å². The van der Waals surface area contributed by atoms with E-state index in [-0.39, 0.29) is 18.6 Å². The van der Waals surface area contributed by atoms with Gasteiger partial charge >= 0.3 is 0 Å². The van der Waals surface area contributed by atoms with Crippen molar-refractivity contribution in [2.75, 3.05) is 18.5 Å². The van der Waals surface area contributed by atoms with Gasteiger partial charge in [0.1, 0.15) is 11.6 Å². The highest BCUT2D eigenvalue weighted by Gasteiger charge is 2.34. The van der Waals surface area contributed by atoms with Crippen molar-refractivity contribution in [1.29, 1.82) is 0 Å². The molecule has 1 saturated heterocycles. The Bertz CT molecular complexity index is 1170. The molecule has 0 radical (unpaired) electrons. The van der Waals surface area contributed by atoms with Crippen molar-refractivity contribution < 1.29 is 9.53 Å². The third-order valence-electron chi connectivity index (χ3n) is 6.51. The molecule has 2 aromatic carbocycles. The maximum absolute atomic E-state index is 12.1. The third kappa shape index (κ3) is 4.98. The minimum absolute atomic E-state index is 0.0550. The minimum Gasteiger partial charge on any atom is -0.483 e. The van der Waals surface area contributed by atoms with E-state index in [1.54, 1.807) is 0 Å². The summed E-state index contributed by atoms with van der Waals surface area (Å²) in [5, 5.41) is 7.58. The Hall–Kier alpha value is -3.23. The molecule has 1 aliphatic carbocycles. The Kier molecular flexibility index (Phi) is 6.60. The standard InChI is InChI=1S/C26H32N6O2/c1-16(2)28-24(33)15-34-23-10-6-4-8-20(23)26-30-22-9-5-3-7-19(22)25(31-26)29-18-11-12-21-17(13-18)14-27-32-21/h3-10,16-18,21,27,32H,11-15H2,1-2H3,(H,28,33)(H,29,30,31). The van der Waals surface area contributed by atoms with Gasteiger partial charge in [-0.3, -0.25) is 15.6 Å². The Morgan fingerprint density at radius 3 is 2.82 bits per heavy atom. The van der Waals surface area contributed by atoms with Gasteiger partial charge in [0.05, 0.1) is 11.1 Å². The molecule has 34 heavy (non-hydrogen) atoms. The van der Waals surface area contributed by atoms with Gasteiger partial charge in [0.25, 0.3) is 5.91 Å². The summed E-state index contributed by atoms with van der Waals surface area (Å²) in [6.45, 7) is 4.80. The van der Waals surface area contributed by atoms with E-state index in [9.17, 15) is 4.79 Å².